The number of ether oxygens (including phenoxy) is 2. The average Bonchev–Trinajstić information content (AvgIpc) is 3.03. The van der Waals surface area contributed by atoms with Crippen LogP contribution >= 0.6 is 0 Å². The highest BCUT2D eigenvalue weighted by Crippen LogP contribution is 2.40. The highest BCUT2D eigenvalue weighted by molar-refractivity contribution is 5.86. The van der Waals surface area contributed by atoms with E-state index in [9.17, 15) is 14.4 Å². The average molecular weight is 326 g/mol. The summed E-state index contributed by atoms with van der Waals surface area (Å²) in [6, 6.07) is 10.2. The Morgan fingerprint density at radius 1 is 1.21 bits per heavy atom. The van der Waals surface area contributed by atoms with Gasteiger partial charge >= 0.3 is 5.97 Å². The predicted octanol–water partition coefficient (Wildman–Crippen LogP) is 2.30. The Kier molecular flexibility index (Phi) is 4.29. The highest BCUT2D eigenvalue weighted by Gasteiger charge is 2.28. The van der Waals surface area contributed by atoms with E-state index in [2.05, 4.69) is 0 Å². The summed E-state index contributed by atoms with van der Waals surface area (Å²) < 4.78 is 10.7. The monoisotopic (exact) mass is 326 g/mol. The summed E-state index contributed by atoms with van der Waals surface area (Å²) in [5.41, 5.74) is 2.50. The first-order chi connectivity index (χ1) is 11.6. The lowest BCUT2D eigenvalue weighted by Gasteiger charge is -2.11. The molecule has 1 aliphatic rings. The number of carbonyl (C=O) groups is 3. The van der Waals surface area contributed by atoms with Crippen LogP contribution in [0.15, 0.2) is 36.4 Å². The van der Waals surface area contributed by atoms with E-state index in [-0.39, 0.29) is 5.92 Å². The van der Waals surface area contributed by atoms with Gasteiger partial charge in [0.2, 0.25) is 0 Å². The van der Waals surface area contributed by atoms with Gasteiger partial charge in [0.15, 0.2) is 12.9 Å². The van der Waals surface area contributed by atoms with Crippen LogP contribution in [0.1, 0.15) is 37.8 Å². The number of benzene rings is 2. The van der Waals surface area contributed by atoms with Crippen LogP contribution < -0.4 is 9.47 Å². The molecular weight excluding hydrogens is 312 g/mol. The molecule has 24 heavy (non-hydrogen) atoms. The Morgan fingerprint density at radius 3 is 2.58 bits per heavy atom. The standard InChI is InChI=1S/C18H14O6/c19-7-11-5-13(8-20)18-15(6-11)16(9-24-18)12-1-3-14(4-2-12)23-10-17(21)22/h1-8,16H,9-10H2,(H,21,22). The van der Waals surface area contributed by atoms with Crippen LogP contribution in [0.25, 0.3) is 0 Å². The summed E-state index contributed by atoms with van der Waals surface area (Å²) in [6.45, 7) is -0.0338. The molecule has 6 heteroatoms. The fourth-order valence-corrected chi connectivity index (χ4v) is 2.75. The molecule has 1 N–H and O–H groups in total. The van der Waals surface area contributed by atoms with Crippen molar-refractivity contribution >= 4 is 18.5 Å². The zero-order chi connectivity index (χ0) is 17.1. The molecule has 1 unspecified atom stereocenters. The van der Waals surface area contributed by atoms with Crippen molar-refractivity contribution < 1.29 is 29.0 Å². The van der Waals surface area contributed by atoms with Crippen molar-refractivity contribution in [1.82, 2.24) is 0 Å². The molecule has 3 rings (SSSR count). The first kappa shape index (κ1) is 15.7. The Hall–Kier alpha value is -3.15. The molecule has 0 radical (unpaired) electrons. The van der Waals surface area contributed by atoms with E-state index in [0.29, 0.717) is 41.8 Å². The second-order valence-corrected chi connectivity index (χ2v) is 5.38. The van der Waals surface area contributed by atoms with E-state index in [4.69, 9.17) is 14.6 Å². The number of rotatable bonds is 6. The van der Waals surface area contributed by atoms with Crippen molar-refractivity contribution in [3.8, 4) is 11.5 Å². The van der Waals surface area contributed by atoms with Crippen LogP contribution in [0.3, 0.4) is 0 Å². The third-order valence-corrected chi connectivity index (χ3v) is 3.85. The van der Waals surface area contributed by atoms with Crippen LogP contribution in [0.2, 0.25) is 0 Å². The summed E-state index contributed by atoms with van der Waals surface area (Å²) in [5, 5.41) is 8.61. The number of hydrogen-bond acceptors (Lipinski definition) is 5. The third kappa shape index (κ3) is 2.99. The first-order valence-electron chi connectivity index (χ1n) is 7.28. The van der Waals surface area contributed by atoms with E-state index in [1.165, 1.54) is 6.07 Å². The highest BCUT2D eigenvalue weighted by atomic mass is 16.5. The van der Waals surface area contributed by atoms with Crippen molar-refractivity contribution in [3.05, 3.63) is 58.7 Å². The molecule has 0 aliphatic carbocycles. The maximum absolute atomic E-state index is 11.2. The van der Waals surface area contributed by atoms with Gasteiger partial charge in [-0.15, -0.1) is 0 Å². The second kappa shape index (κ2) is 6.54. The van der Waals surface area contributed by atoms with Gasteiger partial charge in [0.05, 0.1) is 12.2 Å². The van der Waals surface area contributed by atoms with E-state index in [1.54, 1.807) is 18.2 Å². The van der Waals surface area contributed by atoms with Gasteiger partial charge in [-0.05, 0) is 29.8 Å². The summed E-state index contributed by atoms with van der Waals surface area (Å²) >= 11 is 0. The zero-order valence-electron chi connectivity index (χ0n) is 12.6. The summed E-state index contributed by atoms with van der Waals surface area (Å²) in [7, 11) is 0. The Labute approximate surface area is 137 Å². The van der Waals surface area contributed by atoms with Gasteiger partial charge in [0.1, 0.15) is 17.8 Å². The largest absolute Gasteiger partial charge is 0.492 e. The quantitative estimate of drug-likeness (QED) is 0.819. The molecule has 0 fully saturated rings. The van der Waals surface area contributed by atoms with Gasteiger partial charge in [-0.25, -0.2) is 4.79 Å². The fraction of sp³-hybridized carbons (Fsp3) is 0.167. The Bertz CT molecular complexity index is 794. The molecule has 122 valence electrons. The molecular formula is C18H14O6. The minimum absolute atomic E-state index is 0.105. The van der Waals surface area contributed by atoms with Gasteiger partial charge in [-0.3, -0.25) is 9.59 Å². The third-order valence-electron chi connectivity index (χ3n) is 3.85. The first-order valence-corrected chi connectivity index (χ1v) is 7.28. The lowest BCUT2D eigenvalue weighted by molar-refractivity contribution is -0.139. The molecule has 6 nitrogen and oxygen atoms in total. The van der Waals surface area contributed by atoms with Gasteiger partial charge in [0, 0.05) is 17.0 Å². The second-order valence-electron chi connectivity index (χ2n) is 5.38. The number of carbonyl (C=O) groups excluding carboxylic acids is 2. The van der Waals surface area contributed by atoms with Crippen molar-refractivity contribution in [3.63, 3.8) is 0 Å². The minimum Gasteiger partial charge on any atom is -0.492 e. The normalized spacial score (nSPS) is 15.2. The zero-order valence-corrected chi connectivity index (χ0v) is 12.6. The van der Waals surface area contributed by atoms with Crippen molar-refractivity contribution in [2.24, 2.45) is 0 Å². The molecule has 0 amide bonds. The number of carboxylic acid groups (broad SMARTS) is 1. The number of fused-ring (bicyclic) bond motifs is 1. The van der Waals surface area contributed by atoms with E-state index >= 15 is 0 Å². The van der Waals surface area contributed by atoms with Crippen LogP contribution in [0, 0.1) is 0 Å². The van der Waals surface area contributed by atoms with Crippen LogP contribution in [0.4, 0.5) is 0 Å². The number of aliphatic carboxylic acids is 1. The molecule has 2 aromatic carbocycles. The lowest BCUT2D eigenvalue weighted by atomic mass is 9.91. The van der Waals surface area contributed by atoms with E-state index in [1.807, 2.05) is 12.1 Å². The van der Waals surface area contributed by atoms with E-state index < -0.39 is 12.6 Å². The molecule has 0 aromatic heterocycles. The maximum atomic E-state index is 11.2. The van der Waals surface area contributed by atoms with Gasteiger partial charge in [0.25, 0.3) is 0 Å². The van der Waals surface area contributed by atoms with Crippen molar-refractivity contribution in [2.75, 3.05) is 13.2 Å². The van der Waals surface area contributed by atoms with Crippen molar-refractivity contribution in [2.45, 2.75) is 5.92 Å². The van der Waals surface area contributed by atoms with Crippen LogP contribution in [-0.4, -0.2) is 36.9 Å². The van der Waals surface area contributed by atoms with Gasteiger partial charge < -0.3 is 14.6 Å². The summed E-state index contributed by atoms with van der Waals surface area (Å²) in [6.07, 6.45) is 1.38. The molecule has 0 spiro atoms. The summed E-state index contributed by atoms with van der Waals surface area (Å²) in [5.74, 6) is -0.186. The van der Waals surface area contributed by atoms with E-state index in [0.717, 1.165) is 11.1 Å². The lowest BCUT2D eigenvalue weighted by Crippen LogP contribution is -2.09. The molecule has 1 aliphatic heterocycles. The Balaban J connectivity index is 1.89. The summed E-state index contributed by atoms with van der Waals surface area (Å²) in [4.78, 5) is 32.8. The van der Waals surface area contributed by atoms with Crippen molar-refractivity contribution in [1.29, 1.82) is 0 Å². The fourth-order valence-electron chi connectivity index (χ4n) is 2.75. The number of aldehydes is 2. The Morgan fingerprint density at radius 2 is 1.96 bits per heavy atom. The molecule has 0 saturated carbocycles. The SMILES string of the molecule is O=Cc1cc(C=O)c2c(c1)C(c1ccc(OCC(=O)O)cc1)CO2. The van der Waals surface area contributed by atoms with Gasteiger partial charge in [-0.2, -0.15) is 0 Å². The van der Waals surface area contributed by atoms with Gasteiger partial charge in [-0.1, -0.05) is 12.1 Å². The molecule has 0 saturated heterocycles. The molecule has 1 atom stereocenters. The smallest absolute Gasteiger partial charge is 0.341 e. The molecule has 2 aromatic rings. The maximum Gasteiger partial charge on any atom is 0.341 e. The van der Waals surface area contributed by atoms with Crippen LogP contribution in [-0.2, 0) is 4.79 Å². The number of carboxylic acids is 1. The topological polar surface area (TPSA) is 89.9 Å². The van der Waals surface area contributed by atoms with Crippen LogP contribution in [0.5, 0.6) is 11.5 Å². The molecule has 0 bridgehead atoms. The minimum atomic E-state index is -1.04. The predicted molar refractivity (Wildman–Crippen MR) is 84.1 cm³/mol. The molecule has 1 heterocycles. The number of hydrogen-bond donors (Lipinski definition) is 1.